The van der Waals surface area contributed by atoms with Gasteiger partial charge in [-0.15, -0.1) is 0 Å². The fourth-order valence-corrected chi connectivity index (χ4v) is 4.44. The van der Waals surface area contributed by atoms with Gasteiger partial charge in [-0.2, -0.15) is 5.10 Å². The van der Waals surface area contributed by atoms with Gasteiger partial charge < -0.3 is 9.64 Å². The van der Waals surface area contributed by atoms with Crippen LogP contribution in [0.4, 0.5) is 11.4 Å². The number of rotatable bonds is 4. The predicted octanol–water partition coefficient (Wildman–Crippen LogP) is 4.87. The Balaban J connectivity index is 1.67. The number of likely N-dealkylation sites (N-methyl/N-ethyl adjacent to an activating group) is 1. The quantitative estimate of drug-likeness (QED) is 0.657. The van der Waals surface area contributed by atoms with Gasteiger partial charge >= 0.3 is 0 Å². The van der Waals surface area contributed by atoms with Crippen molar-refractivity contribution in [3.8, 4) is 5.75 Å². The fourth-order valence-electron chi connectivity index (χ4n) is 4.44. The van der Waals surface area contributed by atoms with Crippen molar-refractivity contribution in [1.29, 1.82) is 0 Å². The van der Waals surface area contributed by atoms with Crippen LogP contribution >= 0.6 is 0 Å². The van der Waals surface area contributed by atoms with E-state index in [-0.39, 0.29) is 12.1 Å². The van der Waals surface area contributed by atoms with Crippen LogP contribution in [0.2, 0.25) is 0 Å². The Labute approximate surface area is 165 Å². The molecule has 0 spiro atoms. The molecule has 0 saturated carbocycles. The second kappa shape index (κ2) is 6.71. The number of nitrogens with zero attached hydrogens (tertiary/aromatic N) is 3. The summed E-state index contributed by atoms with van der Waals surface area (Å²) in [6.07, 6.45) is 0.155. The molecule has 0 fully saturated rings. The average Bonchev–Trinajstić information content (AvgIpc) is 3.30. The third-order valence-corrected chi connectivity index (χ3v) is 5.71. The lowest BCUT2D eigenvalue weighted by molar-refractivity contribution is 0.415. The van der Waals surface area contributed by atoms with Crippen LogP contribution in [0, 0.1) is 0 Å². The summed E-state index contributed by atoms with van der Waals surface area (Å²) in [6.45, 7) is 3.15. The molecule has 4 heteroatoms. The normalized spacial score (nSPS) is 20.0. The molecule has 2 aliphatic heterocycles. The lowest BCUT2D eigenvalue weighted by atomic mass is 9.90. The summed E-state index contributed by atoms with van der Waals surface area (Å²) in [5.41, 5.74) is 6.03. The number of methoxy groups -OCH3 is 1. The van der Waals surface area contributed by atoms with Gasteiger partial charge in [-0.05, 0) is 60.5 Å². The zero-order valence-electron chi connectivity index (χ0n) is 16.1. The van der Waals surface area contributed by atoms with E-state index < -0.39 is 0 Å². The van der Waals surface area contributed by atoms with Crippen LogP contribution in [0.25, 0.3) is 0 Å². The van der Waals surface area contributed by atoms with Gasteiger partial charge in [0.1, 0.15) is 11.9 Å². The zero-order valence-corrected chi connectivity index (χ0v) is 16.1. The van der Waals surface area contributed by atoms with Crippen molar-refractivity contribution in [2.24, 2.45) is 5.10 Å². The van der Waals surface area contributed by atoms with Gasteiger partial charge in [0.05, 0.1) is 24.4 Å². The van der Waals surface area contributed by atoms with Crippen LogP contribution < -0.4 is 14.6 Å². The van der Waals surface area contributed by atoms with E-state index in [1.54, 1.807) is 7.11 Å². The van der Waals surface area contributed by atoms with E-state index >= 15 is 0 Å². The van der Waals surface area contributed by atoms with Gasteiger partial charge in [0, 0.05) is 12.2 Å². The van der Waals surface area contributed by atoms with Crippen molar-refractivity contribution >= 4 is 17.1 Å². The molecule has 0 radical (unpaired) electrons. The van der Waals surface area contributed by atoms with Crippen molar-refractivity contribution < 1.29 is 4.74 Å². The standard InChI is InChI=1S/C24H23N3O/c1-3-26-21-12-8-7-11-20(21)22-23(17-13-15-19(28-2)16-14-17)25-27(24(22)26)18-9-5-4-6-10-18/h4-16,22,24H,3H2,1-2H3/t22-,24+/m1/s1. The van der Waals surface area contributed by atoms with E-state index in [0.29, 0.717) is 0 Å². The molecular weight excluding hydrogens is 346 g/mol. The maximum atomic E-state index is 5.34. The minimum absolute atomic E-state index is 0.155. The van der Waals surface area contributed by atoms with Gasteiger partial charge in [0.15, 0.2) is 0 Å². The number of benzene rings is 3. The Morgan fingerprint density at radius 1 is 0.893 bits per heavy atom. The first kappa shape index (κ1) is 16.9. The molecule has 2 atom stereocenters. The molecular formula is C24H23N3O. The number of para-hydroxylation sites is 2. The molecule has 28 heavy (non-hydrogen) atoms. The number of hydrazone groups is 1. The van der Waals surface area contributed by atoms with Crippen LogP contribution in [0.5, 0.6) is 5.75 Å². The minimum atomic E-state index is 0.155. The summed E-state index contributed by atoms with van der Waals surface area (Å²) in [5.74, 6) is 1.07. The Morgan fingerprint density at radius 2 is 1.61 bits per heavy atom. The Morgan fingerprint density at radius 3 is 2.32 bits per heavy atom. The van der Waals surface area contributed by atoms with Crippen LogP contribution in [0.3, 0.4) is 0 Å². The van der Waals surface area contributed by atoms with Gasteiger partial charge in [0.25, 0.3) is 0 Å². The minimum Gasteiger partial charge on any atom is -0.497 e. The van der Waals surface area contributed by atoms with E-state index in [9.17, 15) is 0 Å². The summed E-state index contributed by atoms with van der Waals surface area (Å²) in [5, 5.41) is 7.32. The Kier molecular flexibility index (Phi) is 4.05. The number of fused-ring (bicyclic) bond motifs is 3. The molecule has 0 aliphatic carbocycles. The largest absolute Gasteiger partial charge is 0.497 e. The summed E-state index contributed by atoms with van der Waals surface area (Å²) in [7, 11) is 1.70. The highest BCUT2D eigenvalue weighted by Crippen LogP contribution is 2.48. The second-order valence-corrected chi connectivity index (χ2v) is 7.13. The first-order chi connectivity index (χ1) is 13.8. The number of ether oxygens (including phenoxy) is 1. The van der Waals surface area contributed by atoms with E-state index in [4.69, 9.17) is 9.84 Å². The number of hydrogen-bond donors (Lipinski definition) is 0. The molecule has 0 unspecified atom stereocenters. The SMILES string of the molecule is CCN1c2ccccc2[C@@H]2C(c3ccc(OC)cc3)=NN(c3ccccc3)[C@@H]21. The predicted molar refractivity (Wildman–Crippen MR) is 114 cm³/mol. The fraction of sp³-hybridized carbons (Fsp3) is 0.208. The first-order valence-corrected chi connectivity index (χ1v) is 9.74. The molecule has 0 N–H and O–H groups in total. The van der Waals surface area contributed by atoms with Gasteiger partial charge in [-0.1, -0.05) is 36.4 Å². The molecule has 4 nitrogen and oxygen atoms in total. The molecule has 5 rings (SSSR count). The molecule has 0 bridgehead atoms. The average molecular weight is 369 g/mol. The smallest absolute Gasteiger partial charge is 0.136 e. The van der Waals surface area contributed by atoms with Crippen molar-refractivity contribution in [2.45, 2.75) is 19.0 Å². The number of anilines is 2. The molecule has 0 saturated heterocycles. The van der Waals surface area contributed by atoms with Crippen LogP contribution in [0.15, 0.2) is 84.0 Å². The first-order valence-electron chi connectivity index (χ1n) is 9.74. The summed E-state index contributed by atoms with van der Waals surface area (Å²) >= 11 is 0. The van der Waals surface area contributed by atoms with E-state index in [1.165, 1.54) is 11.3 Å². The third kappa shape index (κ3) is 2.48. The topological polar surface area (TPSA) is 28.1 Å². The van der Waals surface area contributed by atoms with Crippen LogP contribution in [0.1, 0.15) is 24.0 Å². The third-order valence-electron chi connectivity index (χ3n) is 5.71. The van der Waals surface area contributed by atoms with E-state index in [1.807, 2.05) is 18.2 Å². The lowest BCUT2D eigenvalue weighted by Gasteiger charge is -2.32. The van der Waals surface area contributed by atoms with Crippen LogP contribution in [-0.2, 0) is 0 Å². The van der Waals surface area contributed by atoms with Gasteiger partial charge in [-0.3, -0.25) is 0 Å². The molecule has 2 aliphatic rings. The lowest BCUT2D eigenvalue weighted by Crippen LogP contribution is -2.43. The monoisotopic (exact) mass is 369 g/mol. The summed E-state index contributed by atoms with van der Waals surface area (Å²) < 4.78 is 5.34. The Bertz CT molecular complexity index is 1010. The molecule has 2 heterocycles. The summed E-state index contributed by atoms with van der Waals surface area (Å²) in [6, 6.07) is 27.4. The van der Waals surface area contributed by atoms with E-state index in [0.717, 1.165) is 29.3 Å². The molecule has 140 valence electrons. The van der Waals surface area contributed by atoms with Crippen molar-refractivity contribution in [2.75, 3.05) is 23.6 Å². The number of hydrogen-bond acceptors (Lipinski definition) is 4. The van der Waals surface area contributed by atoms with Crippen molar-refractivity contribution in [1.82, 2.24) is 0 Å². The molecule has 3 aromatic carbocycles. The maximum absolute atomic E-state index is 5.34. The van der Waals surface area contributed by atoms with Gasteiger partial charge in [-0.25, -0.2) is 5.01 Å². The molecule has 0 aromatic heterocycles. The van der Waals surface area contributed by atoms with Crippen LogP contribution in [-0.4, -0.2) is 25.5 Å². The van der Waals surface area contributed by atoms with E-state index in [2.05, 4.69) is 77.5 Å². The van der Waals surface area contributed by atoms with Crippen molar-refractivity contribution in [3.05, 3.63) is 90.0 Å². The second-order valence-electron chi connectivity index (χ2n) is 7.13. The van der Waals surface area contributed by atoms with Gasteiger partial charge in [0.2, 0.25) is 0 Å². The summed E-state index contributed by atoms with van der Waals surface area (Å²) in [4.78, 5) is 2.47. The highest BCUT2D eigenvalue weighted by molar-refractivity contribution is 6.10. The highest BCUT2D eigenvalue weighted by atomic mass is 16.5. The molecule has 3 aromatic rings. The zero-order chi connectivity index (χ0) is 19.1. The van der Waals surface area contributed by atoms with Crippen molar-refractivity contribution in [3.63, 3.8) is 0 Å². The Hall–Kier alpha value is -3.27. The highest BCUT2D eigenvalue weighted by Gasteiger charge is 2.48. The molecule has 0 amide bonds. The maximum Gasteiger partial charge on any atom is 0.136 e.